The second-order valence-electron chi connectivity index (χ2n) is 6.46. The van der Waals surface area contributed by atoms with Gasteiger partial charge in [-0.25, -0.2) is 0 Å². The third kappa shape index (κ3) is 4.86. The molecule has 1 aromatic rings. The van der Waals surface area contributed by atoms with E-state index in [0.29, 0.717) is 24.4 Å². The zero-order valence-electron chi connectivity index (χ0n) is 13.5. The van der Waals surface area contributed by atoms with Gasteiger partial charge in [-0.2, -0.15) is 0 Å². The Labute approximate surface area is 132 Å². The number of likely N-dealkylation sites (tertiary alicyclic amines) is 1. The lowest BCUT2D eigenvalue weighted by Gasteiger charge is -2.33. The van der Waals surface area contributed by atoms with Crippen LogP contribution in [0.25, 0.3) is 0 Å². The van der Waals surface area contributed by atoms with Gasteiger partial charge in [-0.1, -0.05) is 32.0 Å². The van der Waals surface area contributed by atoms with Crippen molar-refractivity contribution in [1.29, 1.82) is 0 Å². The van der Waals surface area contributed by atoms with E-state index in [-0.39, 0.29) is 17.9 Å². The van der Waals surface area contributed by atoms with Crippen LogP contribution < -0.4 is 5.32 Å². The van der Waals surface area contributed by atoms with Crippen molar-refractivity contribution in [3.05, 3.63) is 35.9 Å². The fraction of sp³-hybridized carbons (Fsp3) is 0.556. The highest BCUT2D eigenvalue weighted by atomic mass is 16.2. The van der Waals surface area contributed by atoms with Crippen molar-refractivity contribution in [2.75, 3.05) is 13.1 Å². The molecule has 4 nitrogen and oxygen atoms in total. The molecule has 0 radical (unpaired) electrons. The van der Waals surface area contributed by atoms with Crippen LogP contribution in [-0.2, 0) is 4.79 Å². The van der Waals surface area contributed by atoms with Crippen molar-refractivity contribution in [2.45, 2.75) is 45.6 Å². The first-order chi connectivity index (χ1) is 10.6. The highest BCUT2D eigenvalue weighted by Crippen LogP contribution is 2.14. The average Bonchev–Trinajstić information content (AvgIpc) is 2.53. The van der Waals surface area contributed by atoms with Crippen molar-refractivity contribution in [2.24, 2.45) is 5.92 Å². The van der Waals surface area contributed by atoms with Crippen LogP contribution in [0.3, 0.4) is 0 Å². The minimum atomic E-state index is 0.0572. The zero-order valence-corrected chi connectivity index (χ0v) is 13.5. The van der Waals surface area contributed by atoms with Crippen LogP contribution in [0.15, 0.2) is 30.3 Å². The molecule has 0 aliphatic carbocycles. The Morgan fingerprint density at radius 3 is 2.68 bits per heavy atom. The molecule has 0 bridgehead atoms. The smallest absolute Gasteiger partial charge is 0.253 e. The monoisotopic (exact) mass is 302 g/mol. The van der Waals surface area contributed by atoms with Gasteiger partial charge in [0.05, 0.1) is 0 Å². The van der Waals surface area contributed by atoms with Gasteiger partial charge < -0.3 is 10.2 Å². The molecule has 1 saturated heterocycles. The number of hydrogen-bond donors (Lipinski definition) is 1. The molecule has 0 saturated carbocycles. The summed E-state index contributed by atoms with van der Waals surface area (Å²) in [5, 5.41) is 3.08. The summed E-state index contributed by atoms with van der Waals surface area (Å²) in [6.45, 7) is 5.62. The van der Waals surface area contributed by atoms with Crippen LogP contribution in [-0.4, -0.2) is 35.8 Å². The van der Waals surface area contributed by atoms with E-state index in [0.717, 1.165) is 25.8 Å². The van der Waals surface area contributed by atoms with Crippen molar-refractivity contribution >= 4 is 11.8 Å². The molecule has 4 heteroatoms. The topological polar surface area (TPSA) is 49.4 Å². The Balaban J connectivity index is 1.86. The summed E-state index contributed by atoms with van der Waals surface area (Å²) in [5.74, 6) is 0.697. The average molecular weight is 302 g/mol. The van der Waals surface area contributed by atoms with Gasteiger partial charge in [0.25, 0.3) is 5.91 Å². The maximum atomic E-state index is 12.5. The standard InChI is InChI=1S/C18H26N2O2/c1-14(2)10-11-17(21)19-16-9-6-12-20(13-16)18(22)15-7-4-3-5-8-15/h3-5,7-8,14,16H,6,9-13H2,1-2H3,(H,19,21)/t16-/m1/s1. The Morgan fingerprint density at radius 2 is 2.00 bits per heavy atom. The van der Waals surface area contributed by atoms with E-state index in [4.69, 9.17) is 0 Å². The fourth-order valence-corrected chi connectivity index (χ4v) is 2.76. The molecule has 1 atom stereocenters. The first kappa shape index (κ1) is 16.5. The van der Waals surface area contributed by atoms with Crippen molar-refractivity contribution < 1.29 is 9.59 Å². The van der Waals surface area contributed by atoms with Crippen LogP contribution >= 0.6 is 0 Å². The number of carbonyl (C=O) groups is 2. The van der Waals surface area contributed by atoms with E-state index in [2.05, 4.69) is 19.2 Å². The van der Waals surface area contributed by atoms with Crippen LogP contribution in [0, 0.1) is 5.92 Å². The summed E-state index contributed by atoms with van der Waals surface area (Å²) < 4.78 is 0. The summed E-state index contributed by atoms with van der Waals surface area (Å²) in [6, 6.07) is 9.43. The highest BCUT2D eigenvalue weighted by molar-refractivity contribution is 5.94. The summed E-state index contributed by atoms with van der Waals surface area (Å²) in [4.78, 5) is 26.3. The molecular weight excluding hydrogens is 276 g/mol. The molecule has 2 rings (SSSR count). The first-order valence-electron chi connectivity index (χ1n) is 8.20. The summed E-state index contributed by atoms with van der Waals surface area (Å²) in [5.41, 5.74) is 0.717. The highest BCUT2D eigenvalue weighted by Gasteiger charge is 2.25. The van der Waals surface area contributed by atoms with E-state index < -0.39 is 0 Å². The molecule has 1 fully saturated rings. The summed E-state index contributed by atoms with van der Waals surface area (Å²) in [6.07, 6.45) is 3.37. The quantitative estimate of drug-likeness (QED) is 0.909. The number of nitrogens with zero attached hydrogens (tertiary/aromatic N) is 1. The van der Waals surface area contributed by atoms with E-state index >= 15 is 0 Å². The Kier molecular flexibility index (Phi) is 5.99. The molecule has 1 aliphatic rings. The molecule has 1 aromatic carbocycles. The molecule has 2 amide bonds. The number of rotatable bonds is 5. The van der Waals surface area contributed by atoms with Crippen LogP contribution in [0.5, 0.6) is 0 Å². The predicted octanol–water partition coefficient (Wildman–Crippen LogP) is 2.84. The number of nitrogens with one attached hydrogen (secondary N) is 1. The third-order valence-electron chi connectivity index (χ3n) is 4.04. The second-order valence-corrected chi connectivity index (χ2v) is 6.46. The van der Waals surface area contributed by atoms with E-state index in [1.54, 1.807) is 0 Å². The molecule has 0 unspecified atom stereocenters. The maximum Gasteiger partial charge on any atom is 0.253 e. The fourth-order valence-electron chi connectivity index (χ4n) is 2.76. The molecule has 22 heavy (non-hydrogen) atoms. The number of hydrogen-bond acceptors (Lipinski definition) is 2. The van der Waals surface area contributed by atoms with E-state index in [9.17, 15) is 9.59 Å². The molecule has 0 aromatic heterocycles. The molecule has 120 valence electrons. The van der Waals surface area contributed by atoms with Crippen LogP contribution in [0.4, 0.5) is 0 Å². The Hall–Kier alpha value is -1.84. The van der Waals surface area contributed by atoms with Crippen LogP contribution in [0.1, 0.15) is 49.9 Å². The van der Waals surface area contributed by atoms with E-state index in [1.165, 1.54) is 0 Å². The van der Waals surface area contributed by atoms with Gasteiger partial charge in [-0.3, -0.25) is 9.59 Å². The van der Waals surface area contributed by atoms with Crippen LogP contribution in [0.2, 0.25) is 0 Å². The summed E-state index contributed by atoms with van der Waals surface area (Å²) in [7, 11) is 0. The lowest BCUT2D eigenvalue weighted by atomic mass is 10.0. The number of amides is 2. The maximum absolute atomic E-state index is 12.5. The van der Waals surface area contributed by atoms with Gasteiger partial charge in [-0.05, 0) is 37.3 Å². The zero-order chi connectivity index (χ0) is 15.9. The van der Waals surface area contributed by atoms with E-state index in [1.807, 2.05) is 35.2 Å². The number of carbonyl (C=O) groups excluding carboxylic acids is 2. The van der Waals surface area contributed by atoms with Crippen molar-refractivity contribution in [3.63, 3.8) is 0 Å². The second kappa shape index (κ2) is 7.97. The Morgan fingerprint density at radius 1 is 1.27 bits per heavy atom. The SMILES string of the molecule is CC(C)CCC(=O)N[C@@H]1CCCN(C(=O)c2ccccc2)C1. The van der Waals surface area contributed by atoms with Gasteiger partial charge in [0.15, 0.2) is 0 Å². The van der Waals surface area contributed by atoms with Gasteiger partial charge in [-0.15, -0.1) is 0 Å². The molecule has 1 aliphatic heterocycles. The lowest BCUT2D eigenvalue weighted by Crippen LogP contribution is -2.49. The molecule has 1 N–H and O–H groups in total. The molecule has 0 spiro atoms. The van der Waals surface area contributed by atoms with Gasteiger partial charge >= 0.3 is 0 Å². The van der Waals surface area contributed by atoms with Gasteiger partial charge in [0.2, 0.25) is 5.91 Å². The largest absolute Gasteiger partial charge is 0.352 e. The minimum Gasteiger partial charge on any atom is -0.352 e. The number of benzene rings is 1. The van der Waals surface area contributed by atoms with Gasteiger partial charge in [0, 0.05) is 31.1 Å². The molecule has 1 heterocycles. The third-order valence-corrected chi connectivity index (χ3v) is 4.04. The summed E-state index contributed by atoms with van der Waals surface area (Å²) >= 11 is 0. The number of piperidine rings is 1. The van der Waals surface area contributed by atoms with Crippen molar-refractivity contribution in [1.82, 2.24) is 10.2 Å². The first-order valence-corrected chi connectivity index (χ1v) is 8.20. The van der Waals surface area contributed by atoms with Gasteiger partial charge in [0.1, 0.15) is 0 Å². The minimum absolute atomic E-state index is 0.0572. The lowest BCUT2D eigenvalue weighted by molar-refractivity contribution is -0.122. The Bertz CT molecular complexity index is 499. The van der Waals surface area contributed by atoms with Crippen molar-refractivity contribution in [3.8, 4) is 0 Å². The normalized spacial score (nSPS) is 18.3. The predicted molar refractivity (Wildman–Crippen MR) is 87.6 cm³/mol. The molecular formula is C18H26N2O2.